The van der Waals surface area contributed by atoms with Crippen LogP contribution in [0.25, 0.3) is 0 Å². The van der Waals surface area contributed by atoms with Crippen LogP contribution in [0.4, 0.5) is 17.1 Å². The summed E-state index contributed by atoms with van der Waals surface area (Å²) in [5.41, 5.74) is 10.0. The number of nitrogen functional groups attached to an aromatic ring is 1. The number of anilines is 3. The summed E-state index contributed by atoms with van der Waals surface area (Å²) in [6.07, 6.45) is 4.50. The third-order valence-corrected chi connectivity index (χ3v) is 4.55. The molecular formula is C16H23N3O2. The summed E-state index contributed by atoms with van der Waals surface area (Å²) in [5, 5.41) is 12.0. The molecule has 21 heavy (non-hydrogen) atoms. The number of carbonyl (C=O) groups excluding carboxylic acids is 1. The first kappa shape index (κ1) is 14.2. The predicted octanol–water partition coefficient (Wildman–Crippen LogP) is 1.75. The largest absolute Gasteiger partial charge is 0.397 e. The van der Waals surface area contributed by atoms with Crippen molar-refractivity contribution in [2.45, 2.75) is 32.1 Å². The Kier molecular flexibility index (Phi) is 4.01. The number of aliphatic hydroxyl groups is 1. The topological polar surface area (TPSA) is 78.6 Å². The molecule has 1 fully saturated rings. The highest BCUT2D eigenvalue weighted by Gasteiger charge is 2.23. The zero-order chi connectivity index (χ0) is 14.8. The quantitative estimate of drug-likeness (QED) is 0.741. The van der Waals surface area contributed by atoms with Crippen molar-refractivity contribution in [2.24, 2.45) is 5.92 Å². The van der Waals surface area contributed by atoms with Gasteiger partial charge in [0, 0.05) is 31.8 Å². The van der Waals surface area contributed by atoms with Crippen LogP contribution in [-0.4, -0.2) is 30.7 Å². The van der Waals surface area contributed by atoms with E-state index in [1.165, 1.54) is 12.0 Å². The summed E-state index contributed by atoms with van der Waals surface area (Å²) in [6, 6.07) is 4.02. The summed E-state index contributed by atoms with van der Waals surface area (Å²) < 4.78 is 0. The van der Waals surface area contributed by atoms with Gasteiger partial charge in [-0.05, 0) is 49.3 Å². The first-order chi connectivity index (χ1) is 10.2. The smallest absolute Gasteiger partial charge is 0.224 e. The van der Waals surface area contributed by atoms with Crippen molar-refractivity contribution < 1.29 is 9.90 Å². The van der Waals surface area contributed by atoms with E-state index in [0.29, 0.717) is 12.3 Å². The van der Waals surface area contributed by atoms with E-state index in [-0.39, 0.29) is 12.5 Å². The van der Waals surface area contributed by atoms with Crippen molar-refractivity contribution in [3.8, 4) is 0 Å². The molecule has 0 aliphatic carbocycles. The molecule has 3 rings (SSSR count). The Hall–Kier alpha value is -1.75. The molecule has 0 saturated carbocycles. The molecule has 1 aromatic carbocycles. The number of amides is 1. The van der Waals surface area contributed by atoms with Gasteiger partial charge in [-0.1, -0.05) is 0 Å². The minimum atomic E-state index is 0.0654. The highest BCUT2D eigenvalue weighted by Crippen LogP contribution is 2.35. The highest BCUT2D eigenvalue weighted by molar-refractivity contribution is 5.95. The van der Waals surface area contributed by atoms with Crippen LogP contribution in [0.5, 0.6) is 0 Å². The van der Waals surface area contributed by atoms with Crippen LogP contribution in [0.2, 0.25) is 0 Å². The maximum Gasteiger partial charge on any atom is 0.224 e. The van der Waals surface area contributed by atoms with Gasteiger partial charge in [0.25, 0.3) is 0 Å². The minimum Gasteiger partial charge on any atom is -0.397 e. The lowest BCUT2D eigenvalue weighted by Crippen LogP contribution is -2.36. The molecular weight excluding hydrogens is 266 g/mol. The summed E-state index contributed by atoms with van der Waals surface area (Å²) in [5.74, 6) is 0.606. The highest BCUT2D eigenvalue weighted by atomic mass is 16.3. The normalized spacial score (nSPS) is 21.9. The zero-order valence-electron chi connectivity index (χ0n) is 12.3. The Bertz CT molecular complexity index is 543. The van der Waals surface area contributed by atoms with Crippen LogP contribution in [0.1, 0.15) is 31.2 Å². The summed E-state index contributed by atoms with van der Waals surface area (Å²) in [6.45, 7) is 2.22. The monoisotopic (exact) mass is 289 g/mol. The molecule has 4 N–H and O–H groups in total. The SMILES string of the molecule is Nc1cc2c(cc1N1CCCC(CCO)C1)CCC(=O)N2. The van der Waals surface area contributed by atoms with Crippen molar-refractivity contribution in [3.05, 3.63) is 17.7 Å². The summed E-state index contributed by atoms with van der Waals surface area (Å²) in [4.78, 5) is 13.8. The second-order valence-corrected chi connectivity index (χ2v) is 6.08. The number of aliphatic hydroxyl groups excluding tert-OH is 1. The fraction of sp³-hybridized carbons (Fsp3) is 0.562. The number of fused-ring (bicyclic) bond motifs is 1. The van der Waals surface area contributed by atoms with Gasteiger partial charge in [0.1, 0.15) is 0 Å². The number of carbonyl (C=O) groups is 1. The number of nitrogens with one attached hydrogen (secondary N) is 1. The van der Waals surface area contributed by atoms with Gasteiger partial charge in [-0.15, -0.1) is 0 Å². The van der Waals surface area contributed by atoms with E-state index < -0.39 is 0 Å². The van der Waals surface area contributed by atoms with E-state index in [1.54, 1.807) is 0 Å². The number of nitrogens with two attached hydrogens (primary N) is 1. The second kappa shape index (κ2) is 5.93. The molecule has 5 heteroatoms. The van der Waals surface area contributed by atoms with Gasteiger partial charge in [-0.25, -0.2) is 0 Å². The number of aryl methyl sites for hydroxylation is 1. The second-order valence-electron chi connectivity index (χ2n) is 6.08. The van der Waals surface area contributed by atoms with E-state index in [9.17, 15) is 4.79 Å². The van der Waals surface area contributed by atoms with Crippen LogP contribution in [0, 0.1) is 5.92 Å². The third-order valence-electron chi connectivity index (χ3n) is 4.55. The van der Waals surface area contributed by atoms with E-state index >= 15 is 0 Å². The maximum absolute atomic E-state index is 11.5. The first-order valence-corrected chi connectivity index (χ1v) is 7.75. The zero-order valence-corrected chi connectivity index (χ0v) is 12.3. The van der Waals surface area contributed by atoms with Crippen molar-refractivity contribution >= 4 is 23.0 Å². The molecule has 0 aromatic heterocycles. The van der Waals surface area contributed by atoms with Gasteiger partial charge in [-0.3, -0.25) is 4.79 Å². The molecule has 2 aliphatic rings. The van der Waals surface area contributed by atoms with Crippen molar-refractivity contribution in [1.82, 2.24) is 0 Å². The third kappa shape index (κ3) is 2.97. The molecule has 0 radical (unpaired) electrons. The summed E-state index contributed by atoms with van der Waals surface area (Å²) in [7, 11) is 0. The number of hydrogen-bond acceptors (Lipinski definition) is 4. The Morgan fingerprint density at radius 3 is 3.05 bits per heavy atom. The van der Waals surface area contributed by atoms with Crippen LogP contribution in [0.15, 0.2) is 12.1 Å². The summed E-state index contributed by atoms with van der Waals surface area (Å²) >= 11 is 0. The molecule has 2 aliphatic heterocycles. The van der Waals surface area contributed by atoms with E-state index in [0.717, 1.165) is 49.4 Å². The molecule has 1 unspecified atom stereocenters. The standard InChI is InChI=1S/C16H23N3O2/c17-13-9-14-12(3-4-16(21)18-14)8-15(13)19-6-1-2-11(10-19)5-7-20/h8-9,11,20H,1-7,10,17H2,(H,18,21). The molecule has 114 valence electrons. The van der Waals surface area contributed by atoms with Crippen LogP contribution in [0.3, 0.4) is 0 Å². The van der Waals surface area contributed by atoms with Crippen LogP contribution < -0.4 is 16.0 Å². The van der Waals surface area contributed by atoms with Gasteiger partial charge < -0.3 is 21.1 Å². The molecule has 1 aromatic rings. The average Bonchev–Trinajstić information content (AvgIpc) is 2.47. The van der Waals surface area contributed by atoms with Crippen molar-refractivity contribution in [2.75, 3.05) is 35.6 Å². The van der Waals surface area contributed by atoms with Crippen molar-refractivity contribution in [3.63, 3.8) is 0 Å². The number of rotatable bonds is 3. The van der Waals surface area contributed by atoms with E-state index in [1.807, 2.05) is 6.07 Å². The Morgan fingerprint density at radius 1 is 1.38 bits per heavy atom. The number of benzene rings is 1. The Morgan fingerprint density at radius 2 is 2.24 bits per heavy atom. The minimum absolute atomic E-state index is 0.0654. The number of hydrogen-bond donors (Lipinski definition) is 3. The average molecular weight is 289 g/mol. The Balaban J connectivity index is 1.83. The molecule has 1 saturated heterocycles. The lowest BCUT2D eigenvalue weighted by atomic mass is 9.94. The van der Waals surface area contributed by atoms with Crippen LogP contribution >= 0.6 is 0 Å². The van der Waals surface area contributed by atoms with E-state index in [4.69, 9.17) is 10.8 Å². The molecule has 1 atom stereocenters. The lowest BCUT2D eigenvalue weighted by molar-refractivity contribution is -0.116. The molecule has 2 heterocycles. The Labute approximate surface area is 125 Å². The van der Waals surface area contributed by atoms with Gasteiger partial charge >= 0.3 is 0 Å². The predicted molar refractivity (Wildman–Crippen MR) is 84.4 cm³/mol. The fourth-order valence-electron chi connectivity index (χ4n) is 3.41. The number of piperidine rings is 1. The lowest BCUT2D eigenvalue weighted by Gasteiger charge is -2.35. The molecule has 0 spiro atoms. The van der Waals surface area contributed by atoms with Gasteiger partial charge in [0.05, 0.1) is 11.4 Å². The molecule has 5 nitrogen and oxygen atoms in total. The fourth-order valence-corrected chi connectivity index (χ4v) is 3.41. The van der Waals surface area contributed by atoms with Crippen LogP contribution in [-0.2, 0) is 11.2 Å². The molecule has 0 bridgehead atoms. The van der Waals surface area contributed by atoms with Gasteiger partial charge in [-0.2, -0.15) is 0 Å². The van der Waals surface area contributed by atoms with Gasteiger partial charge in [0.15, 0.2) is 0 Å². The molecule has 1 amide bonds. The maximum atomic E-state index is 11.5. The number of nitrogens with zero attached hydrogens (tertiary/aromatic N) is 1. The van der Waals surface area contributed by atoms with E-state index in [2.05, 4.69) is 16.3 Å². The first-order valence-electron chi connectivity index (χ1n) is 7.75. The van der Waals surface area contributed by atoms with Crippen molar-refractivity contribution in [1.29, 1.82) is 0 Å². The van der Waals surface area contributed by atoms with Gasteiger partial charge in [0.2, 0.25) is 5.91 Å².